The third-order valence-corrected chi connectivity index (χ3v) is 1.78. The molecular weight excluding hydrogens is 229 g/mol. The van der Waals surface area contributed by atoms with Gasteiger partial charge in [-0.15, -0.1) is 0 Å². The predicted molar refractivity (Wildman–Crippen MR) is 44.2 cm³/mol. The molecule has 0 aliphatic carbocycles. The Morgan fingerprint density at radius 3 is 2.40 bits per heavy atom. The van der Waals surface area contributed by atoms with Crippen LogP contribution in [0.2, 0.25) is 0 Å². The zero-order valence-corrected chi connectivity index (χ0v) is 11.3. The van der Waals surface area contributed by atoms with E-state index in [1.54, 1.807) is 0 Å². The Balaban J connectivity index is 0.00000196. The van der Waals surface area contributed by atoms with Crippen LogP contribution in [0.25, 0.3) is 0 Å². The van der Waals surface area contributed by atoms with E-state index in [-0.39, 0.29) is 62.5 Å². The van der Waals surface area contributed by atoms with Crippen LogP contribution in [-0.2, 0) is 0 Å². The molecule has 0 aliphatic rings. The average Bonchev–Trinajstić information content (AvgIpc) is 2.08. The Bertz CT molecular complexity index is 418. The van der Waals surface area contributed by atoms with Gasteiger partial charge in [0, 0.05) is 11.6 Å². The molecule has 74 valence electrons. The number of carboxylic acids is 1. The van der Waals surface area contributed by atoms with Crippen molar-refractivity contribution >= 4 is 11.7 Å². The van der Waals surface area contributed by atoms with Crippen molar-refractivity contribution in [1.29, 1.82) is 0 Å². The average molecular weight is 235 g/mol. The third-order valence-electron chi connectivity index (χ3n) is 1.78. The number of nitrogens with zero attached hydrogens (tertiary/aromatic N) is 1. The van der Waals surface area contributed by atoms with Crippen LogP contribution in [0.3, 0.4) is 0 Å². The summed E-state index contributed by atoms with van der Waals surface area (Å²) in [6.45, 7) is 1.28. The number of benzene rings is 1. The van der Waals surface area contributed by atoms with Gasteiger partial charge in [-0.1, -0.05) is 11.8 Å². The van der Waals surface area contributed by atoms with E-state index in [4.69, 9.17) is 5.11 Å². The summed E-state index contributed by atoms with van der Waals surface area (Å²) in [5.74, 6) is -2.00. The topological polar surface area (TPSA) is 104 Å². The fourth-order valence-electron chi connectivity index (χ4n) is 0.986. The second-order valence-electron chi connectivity index (χ2n) is 2.68. The molecule has 0 heterocycles. The molecule has 1 aromatic rings. The number of hydrogen-bond donors (Lipinski definition) is 1. The van der Waals surface area contributed by atoms with Crippen molar-refractivity contribution in [2.75, 3.05) is 0 Å². The van der Waals surface area contributed by atoms with Crippen molar-refractivity contribution in [2.45, 2.75) is 6.92 Å². The summed E-state index contributed by atoms with van der Waals surface area (Å²) >= 11 is 0. The number of rotatable bonds is 2. The summed E-state index contributed by atoms with van der Waals surface area (Å²) in [6, 6.07) is 1.74. The van der Waals surface area contributed by atoms with Gasteiger partial charge in [-0.25, -0.2) is 4.79 Å². The minimum absolute atomic E-state index is 0. The van der Waals surface area contributed by atoms with Crippen LogP contribution in [0.4, 0.5) is 5.69 Å². The Morgan fingerprint density at radius 1 is 1.47 bits per heavy atom. The Hall–Kier alpha value is -0.474. The van der Waals surface area contributed by atoms with Gasteiger partial charge >= 0.3 is 57.4 Å². The Kier molecular flexibility index (Phi) is 5.39. The van der Waals surface area contributed by atoms with Crippen LogP contribution in [0.5, 0.6) is 5.75 Å². The normalized spacial score (nSPS) is 9.13. The SMILES string of the molecule is Cc1c([O-])cc(C(=O)O)cc1[N+](=O)[O-].[K+]. The molecule has 15 heavy (non-hydrogen) atoms. The smallest absolute Gasteiger partial charge is 0.872 e. The van der Waals surface area contributed by atoms with E-state index in [9.17, 15) is 20.0 Å². The maximum atomic E-state index is 11.1. The molecule has 6 nitrogen and oxygen atoms in total. The number of hydrogen-bond acceptors (Lipinski definition) is 4. The van der Waals surface area contributed by atoms with Crippen LogP contribution in [0.1, 0.15) is 15.9 Å². The van der Waals surface area contributed by atoms with Gasteiger partial charge in [0.1, 0.15) is 0 Å². The molecule has 1 rings (SSSR count). The van der Waals surface area contributed by atoms with Gasteiger partial charge in [-0.2, -0.15) is 0 Å². The molecule has 0 unspecified atom stereocenters. The quantitative estimate of drug-likeness (QED) is 0.352. The fourth-order valence-corrected chi connectivity index (χ4v) is 0.986. The van der Waals surface area contributed by atoms with Gasteiger partial charge in [0.15, 0.2) is 0 Å². The first-order valence-corrected chi connectivity index (χ1v) is 3.63. The predicted octanol–water partition coefficient (Wildman–Crippen LogP) is -2.32. The van der Waals surface area contributed by atoms with Crippen molar-refractivity contribution in [3.05, 3.63) is 33.4 Å². The number of nitro groups is 1. The van der Waals surface area contributed by atoms with E-state index in [1.165, 1.54) is 6.92 Å². The number of carbonyl (C=O) groups is 1. The van der Waals surface area contributed by atoms with Gasteiger partial charge in [-0.3, -0.25) is 10.1 Å². The fraction of sp³-hybridized carbons (Fsp3) is 0.125. The molecular formula is C8H6KNO5. The maximum Gasteiger partial charge on any atom is 1.00 e. The maximum absolute atomic E-state index is 11.1. The van der Waals surface area contributed by atoms with E-state index >= 15 is 0 Å². The molecule has 0 saturated heterocycles. The van der Waals surface area contributed by atoms with E-state index in [0.717, 1.165) is 12.1 Å². The minimum Gasteiger partial charge on any atom is -0.872 e. The van der Waals surface area contributed by atoms with E-state index < -0.39 is 22.3 Å². The summed E-state index contributed by atoms with van der Waals surface area (Å²) in [5.41, 5.74) is -0.887. The zero-order chi connectivity index (χ0) is 10.9. The van der Waals surface area contributed by atoms with Gasteiger partial charge in [0.05, 0.1) is 10.5 Å². The van der Waals surface area contributed by atoms with Gasteiger partial charge < -0.3 is 10.2 Å². The molecule has 0 fully saturated rings. The van der Waals surface area contributed by atoms with E-state index in [2.05, 4.69) is 0 Å². The van der Waals surface area contributed by atoms with Crippen molar-refractivity contribution in [2.24, 2.45) is 0 Å². The van der Waals surface area contributed by atoms with Gasteiger partial charge in [0.25, 0.3) is 5.69 Å². The standard InChI is InChI=1S/C8H7NO5.K/c1-4-6(9(13)14)2-5(8(11)12)3-7(4)10;/h2-3,10H,1H3,(H,11,12);/q;+1/p-1. The largest absolute Gasteiger partial charge is 1.00 e. The van der Waals surface area contributed by atoms with Crippen LogP contribution in [0.15, 0.2) is 12.1 Å². The summed E-state index contributed by atoms with van der Waals surface area (Å²) < 4.78 is 0. The summed E-state index contributed by atoms with van der Waals surface area (Å²) in [6.07, 6.45) is 0. The van der Waals surface area contributed by atoms with Gasteiger partial charge in [0.2, 0.25) is 0 Å². The molecule has 0 aromatic heterocycles. The second kappa shape index (κ2) is 5.57. The van der Waals surface area contributed by atoms with Gasteiger partial charge in [-0.05, 0) is 6.92 Å². The molecule has 1 aromatic carbocycles. The Labute approximate surface area is 127 Å². The molecule has 0 aliphatic heterocycles. The summed E-state index contributed by atoms with van der Waals surface area (Å²) in [7, 11) is 0. The van der Waals surface area contributed by atoms with E-state index in [1.807, 2.05) is 0 Å². The molecule has 0 bridgehead atoms. The monoisotopic (exact) mass is 235 g/mol. The molecule has 0 amide bonds. The molecule has 0 radical (unpaired) electrons. The van der Waals surface area contributed by atoms with Crippen LogP contribution in [-0.4, -0.2) is 16.0 Å². The molecule has 7 heteroatoms. The first-order valence-electron chi connectivity index (χ1n) is 3.63. The van der Waals surface area contributed by atoms with Crippen LogP contribution >= 0.6 is 0 Å². The van der Waals surface area contributed by atoms with Crippen molar-refractivity contribution in [3.8, 4) is 5.75 Å². The molecule has 0 spiro atoms. The second-order valence-corrected chi connectivity index (χ2v) is 2.68. The zero-order valence-electron chi connectivity index (χ0n) is 8.18. The summed E-state index contributed by atoms with van der Waals surface area (Å²) in [5, 5.41) is 30.1. The number of carboxylic acid groups (broad SMARTS) is 1. The van der Waals surface area contributed by atoms with E-state index in [0.29, 0.717) is 0 Å². The minimum atomic E-state index is -1.36. The molecule has 0 atom stereocenters. The third kappa shape index (κ3) is 3.25. The summed E-state index contributed by atoms with van der Waals surface area (Å²) in [4.78, 5) is 20.1. The number of aromatic carboxylic acids is 1. The first kappa shape index (κ1) is 14.5. The Morgan fingerprint density at radius 2 is 2.00 bits per heavy atom. The van der Waals surface area contributed by atoms with Crippen LogP contribution in [0, 0.1) is 17.0 Å². The van der Waals surface area contributed by atoms with Crippen molar-refractivity contribution in [1.82, 2.24) is 0 Å². The first-order chi connectivity index (χ1) is 6.43. The molecule has 1 N–H and O–H groups in total. The molecule has 0 saturated carbocycles. The van der Waals surface area contributed by atoms with Crippen LogP contribution < -0.4 is 56.5 Å². The van der Waals surface area contributed by atoms with Crippen molar-refractivity contribution < 1.29 is 71.3 Å². The number of nitro benzene ring substituents is 1. The van der Waals surface area contributed by atoms with Crippen molar-refractivity contribution in [3.63, 3.8) is 0 Å².